The topological polar surface area (TPSA) is 96.7 Å². The van der Waals surface area contributed by atoms with Gasteiger partial charge in [-0.2, -0.15) is 0 Å². The normalized spacial score (nSPS) is 13.8. The van der Waals surface area contributed by atoms with E-state index in [-0.39, 0.29) is 29.9 Å². The first-order valence-corrected chi connectivity index (χ1v) is 11.0. The number of carbonyl (C=O) groups is 1. The number of aryl methyl sites for hydroxylation is 1. The summed E-state index contributed by atoms with van der Waals surface area (Å²) in [5.41, 5.74) is 1.11. The lowest BCUT2D eigenvalue weighted by Gasteiger charge is -2.17. The summed E-state index contributed by atoms with van der Waals surface area (Å²) in [5, 5.41) is 14.9. The lowest BCUT2D eigenvalue weighted by Crippen LogP contribution is -2.40. The monoisotopic (exact) mass is 555 g/mol. The summed E-state index contributed by atoms with van der Waals surface area (Å²) in [6.45, 7) is 6.54. The van der Waals surface area contributed by atoms with Gasteiger partial charge in [0.25, 0.3) is 0 Å². The van der Waals surface area contributed by atoms with Gasteiger partial charge in [-0.3, -0.25) is 4.79 Å². The largest absolute Gasteiger partial charge is 0.497 e. The van der Waals surface area contributed by atoms with Crippen LogP contribution in [0.15, 0.2) is 35.6 Å². The molecule has 0 saturated carbocycles. The SMILES string of the molecule is CCc1nncn1CCNC(=NCc1ccc(OC)cc1)NCCCN1CCCC1=O.I. The van der Waals surface area contributed by atoms with Crippen LogP contribution in [0.25, 0.3) is 0 Å². The second-order valence-corrected chi connectivity index (χ2v) is 7.50. The van der Waals surface area contributed by atoms with Crippen molar-refractivity contribution in [1.29, 1.82) is 0 Å². The Hall–Kier alpha value is -2.37. The van der Waals surface area contributed by atoms with E-state index in [9.17, 15) is 4.79 Å². The van der Waals surface area contributed by atoms with E-state index in [0.29, 0.717) is 19.5 Å². The molecule has 0 aliphatic carbocycles. The number of halogens is 1. The summed E-state index contributed by atoms with van der Waals surface area (Å²) in [6.07, 6.45) is 5.17. The van der Waals surface area contributed by atoms with Crippen LogP contribution in [0.3, 0.4) is 0 Å². The first-order valence-electron chi connectivity index (χ1n) is 11.0. The molecule has 1 amide bonds. The van der Waals surface area contributed by atoms with Crippen LogP contribution in [0.5, 0.6) is 5.75 Å². The third-order valence-corrected chi connectivity index (χ3v) is 5.30. The van der Waals surface area contributed by atoms with E-state index in [2.05, 4.69) is 27.8 Å². The Kier molecular flexibility index (Phi) is 11.3. The van der Waals surface area contributed by atoms with Gasteiger partial charge in [-0.05, 0) is 30.5 Å². The fourth-order valence-corrected chi connectivity index (χ4v) is 3.53. The van der Waals surface area contributed by atoms with Crippen LogP contribution in [-0.2, 0) is 24.3 Å². The van der Waals surface area contributed by atoms with E-state index in [4.69, 9.17) is 9.73 Å². The molecule has 10 heteroatoms. The predicted molar refractivity (Wildman–Crippen MR) is 135 cm³/mol. The number of hydrogen-bond acceptors (Lipinski definition) is 5. The van der Waals surface area contributed by atoms with Gasteiger partial charge >= 0.3 is 0 Å². The Balaban J connectivity index is 0.00000363. The summed E-state index contributed by atoms with van der Waals surface area (Å²) in [7, 11) is 1.66. The lowest BCUT2D eigenvalue weighted by molar-refractivity contribution is -0.127. The molecule has 2 N–H and O–H groups in total. The molecule has 32 heavy (non-hydrogen) atoms. The number of methoxy groups -OCH3 is 1. The van der Waals surface area contributed by atoms with Crippen LogP contribution in [0.4, 0.5) is 0 Å². The van der Waals surface area contributed by atoms with Gasteiger partial charge in [-0.25, -0.2) is 4.99 Å². The van der Waals surface area contributed by atoms with Crippen LogP contribution >= 0.6 is 24.0 Å². The highest BCUT2D eigenvalue weighted by Gasteiger charge is 2.18. The summed E-state index contributed by atoms with van der Waals surface area (Å²) >= 11 is 0. The minimum Gasteiger partial charge on any atom is -0.497 e. The fraction of sp³-hybridized carbons (Fsp3) is 0.545. The molecule has 0 unspecified atom stereocenters. The molecule has 1 saturated heterocycles. The van der Waals surface area contributed by atoms with Gasteiger partial charge in [-0.15, -0.1) is 34.2 Å². The maximum absolute atomic E-state index is 11.8. The number of carbonyl (C=O) groups excluding carboxylic acids is 1. The molecule has 2 aromatic rings. The van der Waals surface area contributed by atoms with E-state index in [0.717, 1.165) is 68.5 Å². The number of aliphatic imine (C=N–C) groups is 1. The van der Waals surface area contributed by atoms with Crippen LogP contribution < -0.4 is 15.4 Å². The number of ether oxygens (including phenoxy) is 1. The minimum atomic E-state index is 0. The third-order valence-electron chi connectivity index (χ3n) is 5.30. The molecular weight excluding hydrogens is 521 g/mol. The molecule has 1 fully saturated rings. The van der Waals surface area contributed by atoms with Crippen molar-refractivity contribution in [3.8, 4) is 5.75 Å². The Morgan fingerprint density at radius 1 is 1.19 bits per heavy atom. The molecule has 0 spiro atoms. The summed E-state index contributed by atoms with van der Waals surface area (Å²) in [5.74, 6) is 2.84. The average molecular weight is 555 g/mol. The first kappa shape index (κ1) is 25.9. The van der Waals surface area contributed by atoms with Gasteiger partial charge in [0.05, 0.1) is 13.7 Å². The number of rotatable bonds is 11. The van der Waals surface area contributed by atoms with Gasteiger partial charge in [0, 0.05) is 45.6 Å². The van der Waals surface area contributed by atoms with E-state index in [1.165, 1.54) is 0 Å². The van der Waals surface area contributed by atoms with E-state index in [1.54, 1.807) is 13.4 Å². The van der Waals surface area contributed by atoms with Crippen molar-refractivity contribution in [3.63, 3.8) is 0 Å². The number of amides is 1. The van der Waals surface area contributed by atoms with Gasteiger partial charge < -0.3 is 24.8 Å². The molecule has 3 rings (SSSR count). The Labute approximate surface area is 207 Å². The minimum absolute atomic E-state index is 0. The second-order valence-electron chi connectivity index (χ2n) is 7.50. The zero-order chi connectivity index (χ0) is 21.9. The first-order chi connectivity index (χ1) is 15.2. The highest BCUT2D eigenvalue weighted by Crippen LogP contribution is 2.12. The zero-order valence-electron chi connectivity index (χ0n) is 18.9. The van der Waals surface area contributed by atoms with Crippen molar-refractivity contribution in [2.75, 3.05) is 33.3 Å². The van der Waals surface area contributed by atoms with E-state index >= 15 is 0 Å². The molecule has 2 heterocycles. The van der Waals surface area contributed by atoms with E-state index < -0.39 is 0 Å². The molecule has 0 radical (unpaired) electrons. The number of aromatic nitrogens is 3. The van der Waals surface area contributed by atoms with Crippen LogP contribution in [-0.4, -0.2) is 64.8 Å². The quantitative estimate of drug-likeness (QED) is 0.191. The third kappa shape index (κ3) is 7.95. The molecule has 1 aromatic heterocycles. The van der Waals surface area contributed by atoms with Gasteiger partial charge in [-0.1, -0.05) is 19.1 Å². The molecule has 176 valence electrons. The van der Waals surface area contributed by atoms with Crippen molar-refractivity contribution in [2.45, 2.75) is 45.7 Å². The molecular formula is C22H34IN7O2. The number of nitrogens with zero attached hydrogens (tertiary/aromatic N) is 5. The smallest absolute Gasteiger partial charge is 0.222 e. The van der Waals surface area contributed by atoms with Crippen molar-refractivity contribution in [2.24, 2.45) is 4.99 Å². The summed E-state index contributed by atoms with van der Waals surface area (Å²) in [6, 6.07) is 7.92. The summed E-state index contributed by atoms with van der Waals surface area (Å²) in [4.78, 5) is 18.4. The van der Waals surface area contributed by atoms with Gasteiger partial charge in [0.15, 0.2) is 5.96 Å². The maximum Gasteiger partial charge on any atom is 0.222 e. The lowest BCUT2D eigenvalue weighted by atomic mass is 10.2. The predicted octanol–water partition coefficient (Wildman–Crippen LogP) is 2.21. The maximum atomic E-state index is 11.8. The Morgan fingerprint density at radius 2 is 1.97 bits per heavy atom. The number of benzene rings is 1. The van der Waals surface area contributed by atoms with Crippen LogP contribution in [0.2, 0.25) is 0 Å². The second kappa shape index (κ2) is 13.9. The van der Waals surface area contributed by atoms with Crippen LogP contribution in [0.1, 0.15) is 37.6 Å². The highest BCUT2D eigenvalue weighted by molar-refractivity contribution is 14.0. The molecule has 1 aromatic carbocycles. The fourth-order valence-electron chi connectivity index (χ4n) is 3.53. The molecule has 0 bridgehead atoms. The van der Waals surface area contributed by atoms with Crippen molar-refractivity contribution < 1.29 is 9.53 Å². The molecule has 1 aliphatic heterocycles. The Bertz CT molecular complexity index is 854. The van der Waals surface area contributed by atoms with Crippen molar-refractivity contribution in [3.05, 3.63) is 42.0 Å². The molecule has 9 nitrogen and oxygen atoms in total. The highest BCUT2D eigenvalue weighted by atomic mass is 127. The average Bonchev–Trinajstić information content (AvgIpc) is 3.43. The van der Waals surface area contributed by atoms with Crippen LogP contribution in [0, 0.1) is 0 Å². The number of guanidine groups is 1. The van der Waals surface area contributed by atoms with E-state index in [1.807, 2.05) is 33.7 Å². The van der Waals surface area contributed by atoms with Gasteiger partial charge in [0.1, 0.15) is 17.9 Å². The van der Waals surface area contributed by atoms with Crippen molar-refractivity contribution in [1.82, 2.24) is 30.3 Å². The Morgan fingerprint density at radius 3 is 2.66 bits per heavy atom. The summed E-state index contributed by atoms with van der Waals surface area (Å²) < 4.78 is 7.27. The van der Waals surface area contributed by atoms with Gasteiger partial charge in [0.2, 0.25) is 5.91 Å². The molecule has 1 aliphatic rings. The number of hydrogen-bond donors (Lipinski definition) is 2. The standard InChI is InChI=1S/C22H33N7O2.HI/c1-3-20-27-26-17-29(20)15-12-24-22(23-11-5-14-28-13-4-6-21(28)30)25-16-18-7-9-19(31-2)10-8-18;/h7-10,17H,3-6,11-16H2,1-2H3,(H2,23,24,25);1H. The zero-order valence-corrected chi connectivity index (χ0v) is 21.2. The molecule has 0 atom stereocenters. The number of nitrogens with one attached hydrogen (secondary N) is 2. The van der Waals surface area contributed by atoms with Crippen molar-refractivity contribution >= 4 is 35.8 Å². The number of likely N-dealkylation sites (tertiary alicyclic amines) is 1.